The molecule has 1 unspecified atom stereocenters. The van der Waals surface area contributed by atoms with Gasteiger partial charge in [0.15, 0.2) is 0 Å². The van der Waals surface area contributed by atoms with Crippen molar-refractivity contribution < 1.29 is 4.79 Å². The van der Waals surface area contributed by atoms with Gasteiger partial charge in [-0.1, -0.05) is 13.0 Å². The molecular formula is C16H27N3OS. The lowest BCUT2D eigenvalue weighted by molar-refractivity contribution is -0.130. The Morgan fingerprint density at radius 2 is 2.19 bits per heavy atom. The number of carbonyl (C=O) groups is 1. The number of likely N-dealkylation sites (tertiary alicyclic amines) is 1. The Morgan fingerprint density at radius 3 is 2.71 bits per heavy atom. The smallest absolute Gasteiger partial charge is 0.236 e. The van der Waals surface area contributed by atoms with Crippen LogP contribution in [0.4, 0.5) is 0 Å². The molecule has 1 fully saturated rings. The van der Waals surface area contributed by atoms with Gasteiger partial charge in [0.05, 0.1) is 6.54 Å². The molecular weight excluding hydrogens is 282 g/mol. The van der Waals surface area contributed by atoms with Crippen molar-refractivity contribution in [2.75, 3.05) is 33.7 Å². The van der Waals surface area contributed by atoms with E-state index in [1.165, 1.54) is 4.88 Å². The number of hydrogen-bond acceptors (Lipinski definition) is 4. The molecule has 5 heteroatoms. The van der Waals surface area contributed by atoms with Crippen molar-refractivity contribution in [1.82, 2.24) is 15.1 Å². The third-order valence-corrected chi connectivity index (χ3v) is 5.16. The quantitative estimate of drug-likeness (QED) is 0.876. The Hall–Kier alpha value is -0.910. The first-order valence-corrected chi connectivity index (χ1v) is 8.70. The van der Waals surface area contributed by atoms with Gasteiger partial charge in [0.1, 0.15) is 0 Å². The Labute approximate surface area is 132 Å². The number of nitrogens with one attached hydrogen (secondary N) is 1. The Bertz CT molecular complexity index is 425. The average molecular weight is 309 g/mol. The van der Waals surface area contributed by atoms with Crippen LogP contribution in [0.1, 0.15) is 37.1 Å². The van der Waals surface area contributed by atoms with Crippen LogP contribution in [-0.2, 0) is 4.79 Å². The Morgan fingerprint density at radius 1 is 1.48 bits per heavy atom. The summed E-state index contributed by atoms with van der Waals surface area (Å²) in [6.45, 7) is 4.82. The fraction of sp³-hybridized carbons (Fsp3) is 0.688. The van der Waals surface area contributed by atoms with E-state index in [4.69, 9.17) is 0 Å². The third-order valence-electron chi connectivity index (χ3n) is 4.18. The van der Waals surface area contributed by atoms with Crippen LogP contribution in [0, 0.1) is 0 Å². The van der Waals surface area contributed by atoms with Crippen molar-refractivity contribution in [1.29, 1.82) is 0 Å². The number of piperidine rings is 1. The maximum atomic E-state index is 11.7. The Kier molecular flexibility index (Phi) is 6.21. The van der Waals surface area contributed by atoms with E-state index < -0.39 is 0 Å². The average Bonchev–Trinajstić information content (AvgIpc) is 3.00. The zero-order valence-corrected chi connectivity index (χ0v) is 14.2. The van der Waals surface area contributed by atoms with Crippen molar-refractivity contribution in [3.63, 3.8) is 0 Å². The molecule has 1 aliphatic rings. The molecule has 1 aromatic rings. The summed E-state index contributed by atoms with van der Waals surface area (Å²) in [6, 6.07) is 5.39. The summed E-state index contributed by atoms with van der Waals surface area (Å²) in [5.74, 6) is 0.200. The van der Waals surface area contributed by atoms with E-state index in [1.807, 2.05) is 25.4 Å². The van der Waals surface area contributed by atoms with E-state index in [1.54, 1.807) is 4.90 Å². The van der Waals surface area contributed by atoms with Crippen LogP contribution in [0.25, 0.3) is 0 Å². The van der Waals surface area contributed by atoms with Gasteiger partial charge in [-0.15, -0.1) is 11.3 Å². The number of amides is 1. The van der Waals surface area contributed by atoms with E-state index in [0.717, 1.165) is 32.4 Å². The standard InChI is InChI=1S/C16H27N3OS/c1-4-14(15-6-5-11-21-15)17-13-7-9-19(10-8-13)12-16(20)18(2)3/h5-6,11,13-14,17H,4,7-10,12H2,1-3H3. The summed E-state index contributed by atoms with van der Waals surface area (Å²) in [7, 11) is 3.65. The highest BCUT2D eigenvalue weighted by Gasteiger charge is 2.23. The van der Waals surface area contributed by atoms with Crippen LogP contribution in [0.5, 0.6) is 0 Å². The minimum Gasteiger partial charge on any atom is -0.348 e. The fourth-order valence-corrected chi connectivity index (χ4v) is 3.64. The molecule has 0 saturated carbocycles. The molecule has 1 saturated heterocycles. The predicted molar refractivity (Wildman–Crippen MR) is 88.6 cm³/mol. The molecule has 0 bridgehead atoms. The molecule has 2 rings (SSSR count). The van der Waals surface area contributed by atoms with Crippen LogP contribution in [-0.4, -0.2) is 55.5 Å². The summed E-state index contributed by atoms with van der Waals surface area (Å²) < 4.78 is 0. The number of carbonyl (C=O) groups excluding carboxylic acids is 1. The molecule has 0 radical (unpaired) electrons. The van der Waals surface area contributed by atoms with Crippen molar-refractivity contribution in [2.45, 2.75) is 38.3 Å². The van der Waals surface area contributed by atoms with Gasteiger partial charge in [0, 0.05) is 44.1 Å². The maximum absolute atomic E-state index is 11.7. The van der Waals surface area contributed by atoms with Crippen LogP contribution in [0.3, 0.4) is 0 Å². The molecule has 21 heavy (non-hydrogen) atoms. The summed E-state index contributed by atoms with van der Waals surface area (Å²) in [5, 5.41) is 5.94. The molecule has 0 aromatic carbocycles. The molecule has 1 N–H and O–H groups in total. The van der Waals surface area contributed by atoms with E-state index in [0.29, 0.717) is 18.6 Å². The van der Waals surface area contributed by atoms with Gasteiger partial charge in [-0.05, 0) is 30.7 Å². The lowest BCUT2D eigenvalue weighted by atomic mass is 10.0. The molecule has 0 aliphatic carbocycles. The number of thiophene rings is 1. The van der Waals surface area contributed by atoms with Crippen molar-refractivity contribution >= 4 is 17.2 Å². The summed E-state index contributed by atoms with van der Waals surface area (Å²) >= 11 is 1.83. The predicted octanol–water partition coefficient (Wildman–Crippen LogP) is 2.34. The molecule has 4 nitrogen and oxygen atoms in total. The third kappa shape index (κ3) is 4.80. The van der Waals surface area contributed by atoms with E-state index in [9.17, 15) is 4.79 Å². The van der Waals surface area contributed by atoms with Gasteiger partial charge in [-0.25, -0.2) is 0 Å². The molecule has 2 heterocycles. The minimum absolute atomic E-state index is 0.200. The monoisotopic (exact) mass is 309 g/mol. The second-order valence-corrected chi connectivity index (χ2v) is 6.96. The van der Waals surface area contributed by atoms with Crippen molar-refractivity contribution in [3.05, 3.63) is 22.4 Å². The van der Waals surface area contributed by atoms with Gasteiger partial charge in [0.25, 0.3) is 0 Å². The van der Waals surface area contributed by atoms with Crippen LogP contribution in [0.15, 0.2) is 17.5 Å². The zero-order chi connectivity index (χ0) is 15.2. The zero-order valence-electron chi connectivity index (χ0n) is 13.3. The maximum Gasteiger partial charge on any atom is 0.236 e. The molecule has 118 valence electrons. The van der Waals surface area contributed by atoms with Crippen LogP contribution < -0.4 is 5.32 Å². The molecule has 1 aliphatic heterocycles. The SMILES string of the molecule is CCC(NC1CCN(CC(=O)N(C)C)CC1)c1cccs1. The van der Waals surface area contributed by atoms with Crippen LogP contribution in [0.2, 0.25) is 0 Å². The number of nitrogens with zero attached hydrogens (tertiary/aromatic N) is 2. The first-order valence-electron chi connectivity index (χ1n) is 7.82. The number of likely N-dealkylation sites (N-methyl/N-ethyl adjacent to an activating group) is 1. The largest absolute Gasteiger partial charge is 0.348 e. The fourth-order valence-electron chi connectivity index (χ4n) is 2.77. The van der Waals surface area contributed by atoms with Gasteiger partial charge in [0.2, 0.25) is 5.91 Å². The highest BCUT2D eigenvalue weighted by Crippen LogP contribution is 2.24. The van der Waals surface area contributed by atoms with E-state index in [-0.39, 0.29) is 5.91 Å². The topological polar surface area (TPSA) is 35.6 Å². The first-order chi connectivity index (χ1) is 10.1. The molecule has 1 amide bonds. The Balaban J connectivity index is 1.77. The molecule has 0 spiro atoms. The first kappa shape index (κ1) is 16.5. The summed E-state index contributed by atoms with van der Waals surface area (Å²) in [6.07, 6.45) is 3.38. The molecule has 1 aromatic heterocycles. The summed E-state index contributed by atoms with van der Waals surface area (Å²) in [5.41, 5.74) is 0. The highest BCUT2D eigenvalue weighted by molar-refractivity contribution is 7.10. The lowest BCUT2D eigenvalue weighted by Crippen LogP contribution is -2.46. The second kappa shape index (κ2) is 7.92. The minimum atomic E-state index is 0.200. The number of hydrogen-bond donors (Lipinski definition) is 1. The van der Waals surface area contributed by atoms with Crippen LogP contribution >= 0.6 is 11.3 Å². The number of rotatable bonds is 6. The highest BCUT2D eigenvalue weighted by atomic mass is 32.1. The van der Waals surface area contributed by atoms with Gasteiger partial charge < -0.3 is 10.2 Å². The van der Waals surface area contributed by atoms with Gasteiger partial charge in [-0.3, -0.25) is 9.69 Å². The second-order valence-electron chi connectivity index (χ2n) is 5.98. The van der Waals surface area contributed by atoms with Gasteiger partial charge in [-0.2, -0.15) is 0 Å². The lowest BCUT2D eigenvalue weighted by Gasteiger charge is -2.34. The summed E-state index contributed by atoms with van der Waals surface area (Å²) in [4.78, 5) is 17.1. The molecule has 1 atom stereocenters. The normalized spacial score (nSPS) is 18.6. The van der Waals surface area contributed by atoms with E-state index >= 15 is 0 Å². The van der Waals surface area contributed by atoms with Crippen molar-refractivity contribution in [2.24, 2.45) is 0 Å². The van der Waals surface area contributed by atoms with E-state index in [2.05, 4.69) is 34.7 Å². The van der Waals surface area contributed by atoms with Gasteiger partial charge >= 0.3 is 0 Å². The van der Waals surface area contributed by atoms with Crippen molar-refractivity contribution in [3.8, 4) is 0 Å².